The number of nitrogens with one attached hydrogen (secondary N) is 1. The van der Waals surface area contributed by atoms with Gasteiger partial charge in [0.15, 0.2) is 0 Å². The normalized spacial score (nSPS) is 10.8. The van der Waals surface area contributed by atoms with E-state index in [0.717, 1.165) is 11.3 Å². The number of aromatic nitrogens is 5. The number of aromatic amines is 1. The van der Waals surface area contributed by atoms with Gasteiger partial charge in [-0.2, -0.15) is 4.68 Å². The second-order valence-electron chi connectivity index (χ2n) is 3.25. The Labute approximate surface area is 85.5 Å². The van der Waals surface area contributed by atoms with E-state index in [-0.39, 0.29) is 11.5 Å². The maximum absolute atomic E-state index is 11.9. The first-order valence-electron chi connectivity index (χ1n) is 4.61. The lowest BCUT2D eigenvalue weighted by atomic mass is 10.2. The monoisotopic (exact) mass is 208 g/mol. The maximum atomic E-state index is 11.9. The number of nitrogens with two attached hydrogens (primary N) is 1. The molecule has 0 unspecified atom stereocenters. The second kappa shape index (κ2) is 3.26. The molecule has 0 radical (unpaired) electrons. The fourth-order valence-electron chi connectivity index (χ4n) is 1.54. The van der Waals surface area contributed by atoms with Crippen LogP contribution in [0, 0.1) is 6.92 Å². The summed E-state index contributed by atoms with van der Waals surface area (Å²) in [5.74, 6) is 5.83. The van der Waals surface area contributed by atoms with E-state index in [9.17, 15) is 4.79 Å². The summed E-state index contributed by atoms with van der Waals surface area (Å²) in [7, 11) is 0. The van der Waals surface area contributed by atoms with Gasteiger partial charge >= 0.3 is 0 Å². The third-order valence-electron chi connectivity index (χ3n) is 2.30. The van der Waals surface area contributed by atoms with Crippen molar-refractivity contribution in [3.63, 3.8) is 0 Å². The Bertz CT molecular complexity index is 534. The molecular formula is C8H12N6O. The van der Waals surface area contributed by atoms with Crippen LogP contribution in [0.1, 0.15) is 18.2 Å². The predicted molar refractivity (Wildman–Crippen MR) is 54.2 cm³/mol. The molecule has 0 aliphatic carbocycles. The van der Waals surface area contributed by atoms with Gasteiger partial charge in [-0.3, -0.25) is 9.89 Å². The summed E-state index contributed by atoms with van der Waals surface area (Å²) < 4.78 is 2.48. The first-order valence-corrected chi connectivity index (χ1v) is 4.61. The number of aryl methyl sites for hydroxylation is 1. The highest BCUT2D eigenvalue weighted by molar-refractivity contribution is 5.21. The van der Waals surface area contributed by atoms with Crippen LogP contribution in [-0.2, 0) is 6.42 Å². The third kappa shape index (κ3) is 1.32. The van der Waals surface area contributed by atoms with E-state index in [0.29, 0.717) is 6.42 Å². The molecule has 7 nitrogen and oxygen atoms in total. The van der Waals surface area contributed by atoms with Crippen LogP contribution in [0.4, 0.5) is 0 Å². The SMILES string of the molecule is CCc1c(C)[nH]n(-c2nncn2N)c1=O. The average Bonchev–Trinajstić information content (AvgIpc) is 2.71. The molecule has 2 rings (SSSR count). The molecule has 80 valence electrons. The lowest BCUT2D eigenvalue weighted by Crippen LogP contribution is -2.23. The van der Waals surface area contributed by atoms with Crippen molar-refractivity contribution in [1.82, 2.24) is 24.7 Å². The summed E-state index contributed by atoms with van der Waals surface area (Å²) in [6.45, 7) is 3.77. The molecule has 0 aliphatic rings. The number of hydrogen-bond acceptors (Lipinski definition) is 4. The molecule has 2 heterocycles. The Balaban J connectivity index is 2.65. The van der Waals surface area contributed by atoms with Gasteiger partial charge in [0.25, 0.3) is 11.5 Å². The van der Waals surface area contributed by atoms with Gasteiger partial charge in [0.05, 0.1) is 0 Å². The zero-order valence-electron chi connectivity index (χ0n) is 8.56. The molecule has 0 fully saturated rings. The fourth-order valence-corrected chi connectivity index (χ4v) is 1.54. The smallest absolute Gasteiger partial charge is 0.277 e. The van der Waals surface area contributed by atoms with Crippen LogP contribution < -0.4 is 11.4 Å². The van der Waals surface area contributed by atoms with Gasteiger partial charge in [-0.1, -0.05) is 6.92 Å². The molecule has 2 aromatic rings. The van der Waals surface area contributed by atoms with Crippen LogP contribution in [0.2, 0.25) is 0 Å². The molecule has 2 aromatic heterocycles. The quantitative estimate of drug-likeness (QED) is 0.640. The summed E-state index contributed by atoms with van der Waals surface area (Å²) in [6, 6.07) is 0. The van der Waals surface area contributed by atoms with Crippen LogP contribution in [0.25, 0.3) is 5.95 Å². The minimum atomic E-state index is -0.130. The van der Waals surface area contributed by atoms with E-state index >= 15 is 0 Å². The molecule has 0 atom stereocenters. The first kappa shape index (κ1) is 9.50. The first-order chi connectivity index (χ1) is 7.15. The van der Waals surface area contributed by atoms with E-state index in [2.05, 4.69) is 15.3 Å². The Kier molecular flexibility index (Phi) is 2.07. The average molecular weight is 208 g/mol. The van der Waals surface area contributed by atoms with Crippen molar-refractivity contribution in [2.24, 2.45) is 0 Å². The molecule has 0 saturated heterocycles. The number of rotatable bonds is 2. The topological polar surface area (TPSA) is 94.5 Å². The number of hydrogen-bond donors (Lipinski definition) is 2. The molecule has 0 aliphatic heterocycles. The molecule has 0 saturated carbocycles. The Morgan fingerprint density at radius 3 is 2.80 bits per heavy atom. The predicted octanol–water partition coefficient (Wildman–Crippen LogP) is -0.658. The van der Waals surface area contributed by atoms with Gasteiger partial charge < -0.3 is 5.84 Å². The summed E-state index contributed by atoms with van der Waals surface area (Å²) in [5, 5.41) is 10.3. The van der Waals surface area contributed by atoms with E-state index < -0.39 is 0 Å². The molecule has 3 N–H and O–H groups in total. The van der Waals surface area contributed by atoms with Crippen molar-refractivity contribution in [3.8, 4) is 5.95 Å². The number of nitrogens with zero attached hydrogens (tertiary/aromatic N) is 4. The van der Waals surface area contributed by atoms with E-state index in [4.69, 9.17) is 5.84 Å². The molecule has 7 heteroatoms. The van der Waals surface area contributed by atoms with Crippen molar-refractivity contribution in [2.45, 2.75) is 20.3 Å². The Hall–Kier alpha value is -2.05. The van der Waals surface area contributed by atoms with Crippen molar-refractivity contribution >= 4 is 0 Å². The van der Waals surface area contributed by atoms with Crippen molar-refractivity contribution in [2.75, 3.05) is 5.84 Å². The van der Waals surface area contributed by atoms with Crippen LogP contribution >= 0.6 is 0 Å². The molecule has 15 heavy (non-hydrogen) atoms. The second-order valence-corrected chi connectivity index (χ2v) is 3.25. The highest BCUT2D eigenvalue weighted by Gasteiger charge is 2.13. The van der Waals surface area contributed by atoms with Crippen molar-refractivity contribution < 1.29 is 0 Å². The lowest BCUT2D eigenvalue weighted by molar-refractivity contribution is 0.742. The maximum Gasteiger partial charge on any atom is 0.277 e. The fraction of sp³-hybridized carbons (Fsp3) is 0.375. The van der Waals surface area contributed by atoms with E-state index in [1.54, 1.807) is 0 Å². The van der Waals surface area contributed by atoms with Crippen molar-refractivity contribution in [1.29, 1.82) is 0 Å². The lowest BCUT2D eigenvalue weighted by Gasteiger charge is -1.98. The summed E-state index contributed by atoms with van der Waals surface area (Å²) in [6.07, 6.45) is 2.01. The van der Waals surface area contributed by atoms with E-state index in [1.807, 2.05) is 13.8 Å². The highest BCUT2D eigenvalue weighted by atomic mass is 16.1. The summed E-state index contributed by atoms with van der Waals surface area (Å²) in [4.78, 5) is 11.9. The Morgan fingerprint density at radius 2 is 2.33 bits per heavy atom. The number of H-pyrrole nitrogens is 1. The molecule has 0 spiro atoms. The van der Waals surface area contributed by atoms with Gasteiger partial charge in [-0.05, 0) is 13.3 Å². The minimum absolute atomic E-state index is 0.130. The van der Waals surface area contributed by atoms with Gasteiger partial charge in [0.1, 0.15) is 6.33 Å². The van der Waals surface area contributed by atoms with Crippen LogP contribution in [-0.4, -0.2) is 24.7 Å². The van der Waals surface area contributed by atoms with Gasteiger partial charge in [-0.15, -0.1) is 10.2 Å². The highest BCUT2D eigenvalue weighted by Crippen LogP contribution is 2.03. The molecule has 0 aromatic carbocycles. The largest absolute Gasteiger partial charge is 0.335 e. The van der Waals surface area contributed by atoms with Crippen LogP contribution in [0.15, 0.2) is 11.1 Å². The van der Waals surface area contributed by atoms with Crippen LogP contribution in [0.5, 0.6) is 0 Å². The standard InChI is InChI=1S/C8H12N6O/c1-3-6-5(2)12-14(7(6)15)8-11-10-4-13(8)9/h4,12H,3,9H2,1-2H3. The minimum Gasteiger partial charge on any atom is -0.335 e. The summed E-state index contributed by atoms with van der Waals surface area (Å²) >= 11 is 0. The van der Waals surface area contributed by atoms with Gasteiger partial charge in [-0.25, -0.2) is 4.68 Å². The zero-order valence-corrected chi connectivity index (χ0v) is 8.56. The molecule has 0 bridgehead atoms. The van der Waals surface area contributed by atoms with Crippen molar-refractivity contribution in [3.05, 3.63) is 27.9 Å². The van der Waals surface area contributed by atoms with Crippen LogP contribution in [0.3, 0.4) is 0 Å². The zero-order chi connectivity index (χ0) is 11.0. The van der Waals surface area contributed by atoms with Gasteiger partial charge in [0, 0.05) is 11.3 Å². The Morgan fingerprint density at radius 1 is 1.60 bits per heavy atom. The summed E-state index contributed by atoms with van der Waals surface area (Å²) in [5.41, 5.74) is 1.43. The molecular weight excluding hydrogens is 196 g/mol. The molecule has 0 amide bonds. The van der Waals surface area contributed by atoms with Gasteiger partial charge in [0.2, 0.25) is 0 Å². The van der Waals surface area contributed by atoms with E-state index in [1.165, 1.54) is 15.7 Å². The third-order valence-corrected chi connectivity index (χ3v) is 2.30. The number of nitrogen functional groups attached to an aromatic ring is 1.